The molecule has 6 rings (SSSR count). The number of hydrogen-bond donors (Lipinski definition) is 0. The second-order valence-corrected chi connectivity index (χ2v) is 10.8. The quantitative estimate of drug-likeness (QED) is 0.186. The molecule has 0 saturated carbocycles. The standard InChI is InChI=1S/C35H31F3N4O5/c1-20(43)42(23-13-11-22(12-14-23)35(36,37)38)31-25-16-15-24(44-2)17-26(25)27-18-29(45-3)34(47-5)33(46-4)28(27)19-41-32(31)30(39-40-41)21-9-7-6-8-10-21/h6-18,31H,19H2,1-5H3. The molecule has 47 heavy (non-hydrogen) atoms. The fourth-order valence-electron chi connectivity index (χ4n) is 6.14. The summed E-state index contributed by atoms with van der Waals surface area (Å²) in [6.07, 6.45) is -4.55. The average molecular weight is 645 g/mol. The summed E-state index contributed by atoms with van der Waals surface area (Å²) in [5.74, 6) is 1.35. The van der Waals surface area contributed by atoms with Gasteiger partial charge in [0, 0.05) is 23.7 Å². The maximum atomic E-state index is 13.7. The van der Waals surface area contributed by atoms with Gasteiger partial charge in [0.05, 0.1) is 46.2 Å². The van der Waals surface area contributed by atoms with Crippen LogP contribution in [0.15, 0.2) is 78.9 Å². The van der Waals surface area contributed by atoms with Crippen molar-refractivity contribution < 1.29 is 36.9 Å². The molecule has 4 aromatic carbocycles. The number of amides is 1. The summed E-state index contributed by atoms with van der Waals surface area (Å²) in [7, 11) is 6.12. The first kappa shape index (κ1) is 31.5. The minimum absolute atomic E-state index is 0.139. The molecule has 0 radical (unpaired) electrons. The monoisotopic (exact) mass is 644 g/mol. The third kappa shape index (κ3) is 5.49. The van der Waals surface area contributed by atoms with Crippen molar-refractivity contribution in [3.63, 3.8) is 0 Å². The van der Waals surface area contributed by atoms with Crippen molar-refractivity contribution in [3.05, 3.63) is 101 Å². The molecule has 12 heteroatoms. The van der Waals surface area contributed by atoms with Crippen molar-refractivity contribution in [1.82, 2.24) is 15.0 Å². The molecule has 1 unspecified atom stereocenters. The van der Waals surface area contributed by atoms with E-state index in [9.17, 15) is 18.0 Å². The number of aromatic nitrogens is 3. The molecule has 9 nitrogen and oxygen atoms in total. The predicted octanol–water partition coefficient (Wildman–Crippen LogP) is 7.17. The number of hydrogen-bond acceptors (Lipinski definition) is 7. The molecular formula is C35H31F3N4O5. The Hall–Kier alpha value is -5.52. The molecule has 1 aliphatic heterocycles. The minimum atomic E-state index is -4.55. The summed E-state index contributed by atoms with van der Waals surface area (Å²) in [4.78, 5) is 15.2. The summed E-state index contributed by atoms with van der Waals surface area (Å²) < 4.78 is 65.4. The lowest BCUT2D eigenvalue weighted by molar-refractivity contribution is -0.137. The lowest BCUT2D eigenvalue weighted by Crippen LogP contribution is -2.36. The number of alkyl halides is 3. The highest BCUT2D eigenvalue weighted by Crippen LogP contribution is 2.51. The van der Waals surface area contributed by atoms with Crippen LogP contribution in [0.2, 0.25) is 0 Å². The number of carbonyl (C=O) groups excluding carboxylic acids is 1. The van der Waals surface area contributed by atoms with Gasteiger partial charge in [0.25, 0.3) is 0 Å². The molecule has 1 amide bonds. The molecule has 1 atom stereocenters. The number of rotatable bonds is 7. The summed E-state index contributed by atoms with van der Waals surface area (Å²) in [6, 6.07) is 20.3. The van der Waals surface area contributed by atoms with Crippen LogP contribution in [0.25, 0.3) is 22.4 Å². The van der Waals surface area contributed by atoms with Gasteiger partial charge in [-0.1, -0.05) is 41.6 Å². The van der Waals surface area contributed by atoms with E-state index in [1.807, 2.05) is 48.5 Å². The zero-order chi connectivity index (χ0) is 33.5. The van der Waals surface area contributed by atoms with E-state index in [-0.39, 0.29) is 12.2 Å². The third-order valence-electron chi connectivity index (χ3n) is 8.24. The highest BCUT2D eigenvalue weighted by molar-refractivity contribution is 5.94. The fraction of sp³-hybridized carbons (Fsp3) is 0.229. The Morgan fingerprint density at radius 3 is 2.15 bits per heavy atom. The van der Waals surface area contributed by atoms with Crippen molar-refractivity contribution in [2.24, 2.45) is 0 Å². The Balaban J connectivity index is 1.74. The molecule has 0 bridgehead atoms. The Morgan fingerprint density at radius 2 is 1.55 bits per heavy atom. The first-order valence-corrected chi connectivity index (χ1v) is 14.6. The van der Waals surface area contributed by atoms with Gasteiger partial charge in [0.15, 0.2) is 11.5 Å². The number of methoxy groups -OCH3 is 4. The predicted molar refractivity (Wildman–Crippen MR) is 169 cm³/mol. The van der Waals surface area contributed by atoms with Gasteiger partial charge >= 0.3 is 6.18 Å². The molecule has 0 saturated heterocycles. The summed E-state index contributed by atoms with van der Waals surface area (Å²) in [6.45, 7) is 1.51. The van der Waals surface area contributed by atoms with Gasteiger partial charge in [-0.25, -0.2) is 4.68 Å². The van der Waals surface area contributed by atoms with Crippen LogP contribution in [-0.2, 0) is 17.5 Å². The second kappa shape index (κ2) is 12.3. The highest BCUT2D eigenvalue weighted by atomic mass is 19.4. The van der Waals surface area contributed by atoms with Crippen LogP contribution < -0.4 is 23.8 Å². The van der Waals surface area contributed by atoms with Gasteiger partial charge in [0.1, 0.15) is 17.5 Å². The lowest BCUT2D eigenvalue weighted by atomic mass is 9.86. The van der Waals surface area contributed by atoms with Gasteiger partial charge in [-0.2, -0.15) is 13.2 Å². The van der Waals surface area contributed by atoms with E-state index < -0.39 is 23.7 Å². The van der Waals surface area contributed by atoms with Crippen LogP contribution in [0.4, 0.5) is 18.9 Å². The number of ether oxygens (including phenoxy) is 4. The van der Waals surface area contributed by atoms with Crippen LogP contribution in [0.3, 0.4) is 0 Å². The van der Waals surface area contributed by atoms with Crippen molar-refractivity contribution >= 4 is 11.6 Å². The number of nitrogens with zero attached hydrogens (tertiary/aromatic N) is 4. The zero-order valence-corrected chi connectivity index (χ0v) is 26.3. The molecule has 0 aliphatic carbocycles. The molecular weight excluding hydrogens is 613 g/mol. The van der Waals surface area contributed by atoms with Crippen LogP contribution in [0.5, 0.6) is 23.0 Å². The second-order valence-electron chi connectivity index (χ2n) is 10.8. The minimum Gasteiger partial charge on any atom is -0.497 e. The van der Waals surface area contributed by atoms with Gasteiger partial charge in [0.2, 0.25) is 11.7 Å². The number of fused-ring (bicyclic) bond motifs is 4. The van der Waals surface area contributed by atoms with Crippen molar-refractivity contribution in [2.75, 3.05) is 33.3 Å². The smallest absolute Gasteiger partial charge is 0.416 e. The van der Waals surface area contributed by atoms with Gasteiger partial charge in [-0.15, -0.1) is 5.10 Å². The van der Waals surface area contributed by atoms with Crippen LogP contribution in [-0.4, -0.2) is 49.3 Å². The highest BCUT2D eigenvalue weighted by Gasteiger charge is 2.38. The zero-order valence-electron chi connectivity index (χ0n) is 26.3. The summed E-state index contributed by atoms with van der Waals surface area (Å²) >= 11 is 0. The molecule has 0 spiro atoms. The Bertz CT molecular complexity index is 1940. The van der Waals surface area contributed by atoms with E-state index in [0.717, 1.165) is 17.7 Å². The van der Waals surface area contributed by atoms with E-state index in [0.29, 0.717) is 56.6 Å². The van der Waals surface area contributed by atoms with Crippen molar-refractivity contribution in [3.8, 4) is 45.4 Å². The Kier molecular flexibility index (Phi) is 8.27. The van der Waals surface area contributed by atoms with E-state index in [2.05, 4.69) is 10.3 Å². The molecule has 1 aliphatic rings. The van der Waals surface area contributed by atoms with Crippen LogP contribution >= 0.6 is 0 Å². The van der Waals surface area contributed by atoms with E-state index >= 15 is 0 Å². The normalized spacial score (nSPS) is 13.7. The van der Waals surface area contributed by atoms with Crippen LogP contribution in [0, 0.1) is 0 Å². The number of anilines is 1. The number of carbonyl (C=O) groups is 1. The first-order valence-electron chi connectivity index (χ1n) is 14.6. The van der Waals surface area contributed by atoms with Gasteiger partial charge in [-0.3, -0.25) is 9.69 Å². The maximum Gasteiger partial charge on any atom is 0.416 e. The number of benzene rings is 4. The molecule has 242 valence electrons. The molecule has 0 N–H and O–H groups in total. The average Bonchev–Trinajstić information content (AvgIpc) is 3.48. The van der Waals surface area contributed by atoms with Crippen LogP contribution in [0.1, 0.15) is 35.3 Å². The third-order valence-corrected chi connectivity index (χ3v) is 8.24. The topological polar surface area (TPSA) is 87.9 Å². The summed E-state index contributed by atoms with van der Waals surface area (Å²) in [5, 5.41) is 9.17. The largest absolute Gasteiger partial charge is 0.497 e. The first-order chi connectivity index (χ1) is 22.6. The van der Waals surface area contributed by atoms with Gasteiger partial charge < -0.3 is 18.9 Å². The summed E-state index contributed by atoms with van der Waals surface area (Å²) in [5.41, 5.74) is 3.92. The van der Waals surface area contributed by atoms with Crippen molar-refractivity contribution in [1.29, 1.82) is 0 Å². The lowest BCUT2D eigenvalue weighted by Gasteiger charge is -2.35. The van der Waals surface area contributed by atoms with E-state index in [4.69, 9.17) is 18.9 Å². The van der Waals surface area contributed by atoms with Gasteiger partial charge in [-0.05, 0) is 59.2 Å². The molecule has 5 aromatic rings. The SMILES string of the molecule is COc1ccc2c(c1)-c1cc(OC)c(OC)c(OC)c1Cn1nnc(-c3ccccc3)c1C2N(C(C)=O)c1ccc(C(F)(F)F)cc1. The van der Waals surface area contributed by atoms with Crippen molar-refractivity contribution in [2.45, 2.75) is 25.7 Å². The van der Waals surface area contributed by atoms with E-state index in [1.54, 1.807) is 17.9 Å². The maximum absolute atomic E-state index is 13.7. The molecule has 2 heterocycles. The fourth-order valence-corrected chi connectivity index (χ4v) is 6.14. The molecule has 1 aromatic heterocycles. The van der Waals surface area contributed by atoms with E-state index in [1.165, 1.54) is 45.3 Å². The molecule has 0 fully saturated rings. The Morgan fingerprint density at radius 1 is 0.851 bits per heavy atom. The number of halogens is 3. The Labute approximate surface area is 269 Å².